The van der Waals surface area contributed by atoms with Crippen molar-refractivity contribution in [3.05, 3.63) is 35.9 Å². The molecule has 0 aliphatic carbocycles. The number of rotatable bonds is 1. The maximum Gasteiger partial charge on any atom is 0.429 e. The summed E-state index contributed by atoms with van der Waals surface area (Å²) in [5.41, 5.74) is 0.353. The van der Waals surface area contributed by atoms with E-state index in [1.807, 2.05) is 30.3 Å². The number of nitrogens with zero attached hydrogens (tertiary/aromatic N) is 1. The number of halogens is 3. The predicted molar refractivity (Wildman–Crippen MR) is 56.8 cm³/mol. The first-order valence-electron chi connectivity index (χ1n) is 5.23. The molecule has 1 aromatic rings. The Hall–Kier alpha value is -1.32. The minimum Gasteiger partial charge on any atom is -0.285 e. The topological polar surface area (TPSA) is 12.4 Å². The first kappa shape index (κ1) is 11.2. The Morgan fingerprint density at radius 2 is 1.81 bits per heavy atom. The summed E-state index contributed by atoms with van der Waals surface area (Å²) >= 11 is 0. The SMILES string of the molecule is FC(F)(F)C1=NCC[C@@H](c2ccccc2)C1. The van der Waals surface area contributed by atoms with Crippen molar-refractivity contribution in [3.63, 3.8) is 0 Å². The van der Waals surface area contributed by atoms with Gasteiger partial charge in [-0.2, -0.15) is 13.2 Å². The van der Waals surface area contributed by atoms with E-state index < -0.39 is 11.9 Å². The Kier molecular flexibility index (Phi) is 2.99. The van der Waals surface area contributed by atoms with Crippen molar-refractivity contribution in [2.75, 3.05) is 6.54 Å². The molecular formula is C12H12F3N. The Balaban J connectivity index is 2.15. The first-order valence-corrected chi connectivity index (χ1v) is 5.23. The van der Waals surface area contributed by atoms with Crippen molar-refractivity contribution in [2.24, 2.45) is 4.99 Å². The fourth-order valence-electron chi connectivity index (χ4n) is 1.97. The lowest BCUT2D eigenvalue weighted by Crippen LogP contribution is -2.28. The smallest absolute Gasteiger partial charge is 0.285 e. The third-order valence-electron chi connectivity index (χ3n) is 2.82. The normalized spacial score (nSPS) is 21.7. The number of benzene rings is 1. The highest BCUT2D eigenvalue weighted by atomic mass is 19.4. The van der Waals surface area contributed by atoms with E-state index in [1.54, 1.807) is 0 Å². The molecule has 4 heteroatoms. The quantitative estimate of drug-likeness (QED) is 0.695. The van der Waals surface area contributed by atoms with Gasteiger partial charge in [0.1, 0.15) is 5.71 Å². The number of hydrogen-bond donors (Lipinski definition) is 0. The van der Waals surface area contributed by atoms with Gasteiger partial charge in [-0.15, -0.1) is 0 Å². The van der Waals surface area contributed by atoms with Crippen molar-refractivity contribution in [1.82, 2.24) is 0 Å². The summed E-state index contributed by atoms with van der Waals surface area (Å²) in [7, 11) is 0. The number of alkyl halides is 3. The van der Waals surface area contributed by atoms with E-state index in [4.69, 9.17) is 0 Å². The Labute approximate surface area is 92.0 Å². The van der Waals surface area contributed by atoms with E-state index >= 15 is 0 Å². The van der Waals surface area contributed by atoms with Crippen molar-refractivity contribution in [3.8, 4) is 0 Å². The van der Waals surface area contributed by atoms with E-state index in [9.17, 15) is 13.2 Å². The Bertz CT molecular complexity index is 381. The van der Waals surface area contributed by atoms with Crippen LogP contribution in [-0.2, 0) is 0 Å². The molecule has 1 aromatic carbocycles. The standard InChI is InChI=1S/C12H12F3N/c13-12(14,15)11-8-10(6-7-16-11)9-4-2-1-3-5-9/h1-5,10H,6-8H2/t10-/m1/s1. The van der Waals surface area contributed by atoms with Crippen LogP contribution in [0, 0.1) is 0 Å². The molecular weight excluding hydrogens is 215 g/mol. The molecule has 0 bridgehead atoms. The summed E-state index contributed by atoms with van der Waals surface area (Å²) in [5.74, 6) is -0.0460. The molecule has 86 valence electrons. The monoisotopic (exact) mass is 227 g/mol. The molecule has 1 aliphatic heterocycles. The van der Waals surface area contributed by atoms with Crippen LogP contribution in [0.5, 0.6) is 0 Å². The fourth-order valence-corrected chi connectivity index (χ4v) is 1.97. The average molecular weight is 227 g/mol. The second-order valence-corrected chi connectivity index (χ2v) is 3.93. The second kappa shape index (κ2) is 4.28. The van der Waals surface area contributed by atoms with Gasteiger partial charge in [-0.05, 0) is 17.9 Å². The van der Waals surface area contributed by atoms with Gasteiger partial charge in [0, 0.05) is 13.0 Å². The zero-order valence-corrected chi connectivity index (χ0v) is 8.67. The molecule has 0 spiro atoms. The van der Waals surface area contributed by atoms with Gasteiger partial charge < -0.3 is 0 Å². The van der Waals surface area contributed by atoms with Gasteiger partial charge >= 0.3 is 6.18 Å². The number of aliphatic imine (C=N–C) groups is 1. The molecule has 0 unspecified atom stereocenters. The molecule has 2 rings (SSSR count). The van der Waals surface area contributed by atoms with E-state index in [0.29, 0.717) is 6.42 Å². The summed E-state index contributed by atoms with van der Waals surface area (Å²) in [6, 6.07) is 9.34. The van der Waals surface area contributed by atoms with Crippen molar-refractivity contribution >= 4 is 5.71 Å². The van der Waals surface area contributed by atoms with Crippen LogP contribution in [-0.4, -0.2) is 18.4 Å². The minimum absolute atomic E-state index is 0.00745. The summed E-state index contributed by atoms with van der Waals surface area (Å²) in [6.45, 7) is 0.272. The maximum absolute atomic E-state index is 12.5. The average Bonchev–Trinajstić information content (AvgIpc) is 2.29. The number of hydrogen-bond acceptors (Lipinski definition) is 1. The lowest BCUT2D eigenvalue weighted by atomic mass is 9.88. The first-order chi connectivity index (χ1) is 7.57. The molecule has 0 amide bonds. The molecule has 1 atom stereocenters. The van der Waals surface area contributed by atoms with Crippen LogP contribution >= 0.6 is 0 Å². The van der Waals surface area contributed by atoms with Crippen LogP contribution in [0.15, 0.2) is 35.3 Å². The van der Waals surface area contributed by atoms with Crippen molar-refractivity contribution in [2.45, 2.75) is 24.9 Å². The summed E-state index contributed by atoms with van der Waals surface area (Å²) in [4.78, 5) is 3.57. The van der Waals surface area contributed by atoms with Gasteiger partial charge in [-0.1, -0.05) is 30.3 Å². The van der Waals surface area contributed by atoms with Crippen LogP contribution in [0.4, 0.5) is 13.2 Å². The molecule has 16 heavy (non-hydrogen) atoms. The van der Waals surface area contributed by atoms with Crippen LogP contribution in [0.1, 0.15) is 24.3 Å². The molecule has 0 radical (unpaired) electrons. The maximum atomic E-state index is 12.5. The molecule has 0 saturated heterocycles. The van der Waals surface area contributed by atoms with Gasteiger partial charge in [0.15, 0.2) is 0 Å². The summed E-state index contributed by atoms with van der Waals surface area (Å²) in [6.07, 6.45) is -3.56. The van der Waals surface area contributed by atoms with Gasteiger partial charge in [0.05, 0.1) is 0 Å². The van der Waals surface area contributed by atoms with Crippen molar-refractivity contribution in [1.29, 1.82) is 0 Å². The molecule has 0 N–H and O–H groups in total. The summed E-state index contributed by atoms with van der Waals surface area (Å²) < 4.78 is 37.5. The molecule has 0 fully saturated rings. The molecule has 0 saturated carbocycles. The van der Waals surface area contributed by atoms with Crippen LogP contribution in [0.25, 0.3) is 0 Å². The van der Waals surface area contributed by atoms with Gasteiger partial charge in [-0.3, -0.25) is 4.99 Å². The zero-order chi connectivity index (χ0) is 11.6. The molecule has 0 aromatic heterocycles. The molecule has 1 heterocycles. The Morgan fingerprint density at radius 1 is 1.12 bits per heavy atom. The van der Waals surface area contributed by atoms with E-state index in [2.05, 4.69) is 4.99 Å². The third kappa shape index (κ3) is 2.43. The summed E-state index contributed by atoms with van der Waals surface area (Å²) in [5, 5.41) is 0. The minimum atomic E-state index is -4.27. The highest BCUT2D eigenvalue weighted by Gasteiger charge is 2.38. The van der Waals surface area contributed by atoms with Crippen LogP contribution in [0.2, 0.25) is 0 Å². The van der Waals surface area contributed by atoms with Gasteiger partial charge in [0.25, 0.3) is 0 Å². The van der Waals surface area contributed by atoms with Crippen LogP contribution < -0.4 is 0 Å². The van der Waals surface area contributed by atoms with Gasteiger partial charge in [-0.25, -0.2) is 0 Å². The van der Waals surface area contributed by atoms with E-state index in [0.717, 1.165) is 5.56 Å². The lowest BCUT2D eigenvalue weighted by Gasteiger charge is -2.23. The highest BCUT2D eigenvalue weighted by Crippen LogP contribution is 2.32. The fraction of sp³-hybridized carbons (Fsp3) is 0.417. The third-order valence-corrected chi connectivity index (χ3v) is 2.82. The molecule has 1 nitrogen and oxygen atoms in total. The highest BCUT2D eigenvalue weighted by molar-refractivity contribution is 5.90. The second-order valence-electron chi connectivity index (χ2n) is 3.93. The predicted octanol–water partition coefficient (Wildman–Crippen LogP) is 3.57. The van der Waals surface area contributed by atoms with Crippen LogP contribution in [0.3, 0.4) is 0 Å². The largest absolute Gasteiger partial charge is 0.429 e. The zero-order valence-electron chi connectivity index (χ0n) is 8.67. The Morgan fingerprint density at radius 3 is 2.44 bits per heavy atom. The van der Waals surface area contributed by atoms with Gasteiger partial charge in [0.2, 0.25) is 0 Å². The van der Waals surface area contributed by atoms with Crippen molar-refractivity contribution < 1.29 is 13.2 Å². The molecule has 1 aliphatic rings. The van der Waals surface area contributed by atoms with E-state index in [-0.39, 0.29) is 18.9 Å². The van der Waals surface area contributed by atoms with E-state index in [1.165, 1.54) is 0 Å². The lowest BCUT2D eigenvalue weighted by molar-refractivity contribution is -0.0615.